The molecule has 1 N–H and O–H groups in total. The molecule has 142 valence electrons. The lowest BCUT2D eigenvalue weighted by Gasteiger charge is -2.59. The number of carbonyl (C=O) groups is 1. The summed E-state index contributed by atoms with van der Waals surface area (Å²) in [7, 11) is 0. The second-order valence-corrected chi connectivity index (χ2v) is 9.82. The Kier molecular flexibility index (Phi) is 3.87. The van der Waals surface area contributed by atoms with Crippen LogP contribution in [-0.4, -0.2) is 25.5 Å². The Bertz CT molecular complexity index is 834. The number of benzene rings is 1. The van der Waals surface area contributed by atoms with E-state index in [1.165, 1.54) is 12.7 Å². The van der Waals surface area contributed by atoms with E-state index in [4.69, 9.17) is 11.6 Å². The molecule has 4 fully saturated rings. The molecule has 0 radical (unpaired) electrons. The van der Waals surface area contributed by atoms with Crippen LogP contribution in [0.25, 0.3) is 5.69 Å². The van der Waals surface area contributed by atoms with Crippen LogP contribution in [-0.2, 0) is 4.79 Å². The summed E-state index contributed by atoms with van der Waals surface area (Å²) in [6, 6.07) is 8.08. The first-order valence-electron chi connectivity index (χ1n) is 9.90. The van der Waals surface area contributed by atoms with E-state index in [0.717, 1.165) is 43.4 Å². The molecule has 0 saturated heterocycles. The average molecular weight is 385 g/mol. The molecule has 1 amide bonds. The topological polar surface area (TPSA) is 59.8 Å². The van der Waals surface area contributed by atoms with Crippen LogP contribution in [0.1, 0.15) is 57.1 Å². The molecular weight excluding hydrogens is 360 g/mol. The van der Waals surface area contributed by atoms with Crippen LogP contribution in [0.3, 0.4) is 0 Å². The zero-order valence-electron chi connectivity index (χ0n) is 15.6. The number of halogens is 1. The quantitative estimate of drug-likeness (QED) is 0.810. The lowest BCUT2D eigenvalue weighted by Crippen LogP contribution is -2.58. The van der Waals surface area contributed by atoms with Crippen LogP contribution < -0.4 is 5.32 Å². The van der Waals surface area contributed by atoms with Gasteiger partial charge < -0.3 is 5.32 Å². The number of rotatable bonds is 4. The Labute approximate surface area is 164 Å². The molecule has 27 heavy (non-hydrogen) atoms. The number of alkyl halides is 1. The van der Waals surface area contributed by atoms with E-state index < -0.39 is 0 Å². The van der Waals surface area contributed by atoms with Gasteiger partial charge in [-0.3, -0.25) is 4.79 Å². The maximum Gasteiger partial charge on any atom is 0.226 e. The minimum absolute atomic E-state index is 0.0263. The fourth-order valence-corrected chi connectivity index (χ4v) is 6.80. The highest BCUT2D eigenvalue weighted by Gasteiger charge is 2.60. The van der Waals surface area contributed by atoms with Gasteiger partial charge in [0.25, 0.3) is 0 Å². The fraction of sp³-hybridized carbons (Fsp3) is 0.571. The number of hydrogen-bond donors (Lipinski definition) is 1. The van der Waals surface area contributed by atoms with E-state index >= 15 is 0 Å². The molecule has 4 aliphatic rings. The normalized spacial score (nSPS) is 35.2. The maximum atomic E-state index is 13.3. The monoisotopic (exact) mass is 384 g/mol. The molecule has 4 bridgehead atoms. The number of nitrogens with zero attached hydrogens (tertiary/aromatic N) is 3. The first-order valence-corrected chi connectivity index (χ1v) is 10.3. The first-order chi connectivity index (χ1) is 12.9. The molecule has 4 saturated carbocycles. The molecule has 0 spiro atoms. The van der Waals surface area contributed by atoms with Crippen LogP contribution in [0.5, 0.6) is 0 Å². The van der Waals surface area contributed by atoms with Crippen molar-refractivity contribution in [1.29, 1.82) is 0 Å². The molecule has 2 aromatic rings. The van der Waals surface area contributed by atoms with Crippen molar-refractivity contribution in [3.8, 4) is 5.69 Å². The molecule has 3 atom stereocenters. The largest absolute Gasteiger partial charge is 0.349 e. The number of aromatic nitrogens is 3. The van der Waals surface area contributed by atoms with Crippen LogP contribution in [0, 0.1) is 17.3 Å². The highest BCUT2D eigenvalue weighted by Crippen LogP contribution is 2.63. The number of carbonyl (C=O) groups excluding carboxylic acids is 1. The summed E-state index contributed by atoms with van der Waals surface area (Å²) in [5, 5.41) is 7.44. The smallest absolute Gasteiger partial charge is 0.226 e. The van der Waals surface area contributed by atoms with Gasteiger partial charge in [0, 0.05) is 4.87 Å². The Balaban J connectivity index is 1.31. The maximum absolute atomic E-state index is 13.3. The van der Waals surface area contributed by atoms with Gasteiger partial charge in [-0.05, 0) is 75.0 Å². The summed E-state index contributed by atoms with van der Waals surface area (Å²) in [5.74, 6) is 1.47. The third-order valence-corrected chi connectivity index (χ3v) is 7.34. The van der Waals surface area contributed by atoms with Gasteiger partial charge in [0.1, 0.15) is 12.7 Å². The van der Waals surface area contributed by atoms with Gasteiger partial charge in [0.15, 0.2) is 0 Å². The van der Waals surface area contributed by atoms with Crippen LogP contribution in [0.15, 0.2) is 36.9 Å². The van der Waals surface area contributed by atoms with Gasteiger partial charge in [-0.15, -0.1) is 11.6 Å². The van der Waals surface area contributed by atoms with E-state index in [1.54, 1.807) is 11.0 Å². The Morgan fingerprint density at radius 2 is 1.93 bits per heavy atom. The minimum atomic E-state index is -0.249. The molecular formula is C21H25ClN4O. The molecule has 3 unspecified atom stereocenters. The van der Waals surface area contributed by atoms with Gasteiger partial charge in [0.2, 0.25) is 5.91 Å². The van der Waals surface area contributed by atoms with Gasteiger partial charge in [-0.1, -0.05) is 12.1 Å². The Morgan fingerprint density at radius 3 is 2.52 bits per heavy atom. The van der Waals surface area contributed by atoms with Gasteiger partial charge in [-0.25, -0.2) is 9.67 Å². The van der Waals surface area contributed by atoms with Crippen LogP contribution in [0.4, 0.5) is 0 Å². The molecule has 5 nitrogen and oxygen atoms in total. The summed E-state index contributed by atoms with van der Waals surface area (Å²) in [4.78, 5) is 17.1. The molecule has 0 aliphatic heterocycles. The van der Waals surface area contributed by atoms with E-state index in [9.17, 15) is 4.79 Å². The number of amides is 1. The Morgan fingerprint density at radius 1 is 1.22 bits per heavy atom. The summed E-state index contributed by atoms with van der Waals surface area (Å²) in [6.45, 7) is 2.05. The highest BCUT2D eigenvalue weighted by atomic mass is 35.5. The van der Waals surface area contributed by atoms with E-state index in [2.05, 4.69) is 22.3 Å². The van der Waals surface area contributed by atoms with Crippen molar-refractivity contribution in [2.24, 2.45) is 17.3 Å². The predicted octanol–water partition coefficient (Wildman–Crippen LogP) is 4.02. The SMILES string of the molecule is CC(NC(=O)C12CC3CC(CC(Cl)(C3)C1)C2)c1ccc(-n2cncn2)cc1. The summed E-state index contributed by atoms with van der Waals surface area (Å²) in [5.41, 5.74) is 1.80. The molecule has 6 rings (SSSR count). The van der Waals surface area contributed by atoms with Crippen molar-refractivity contribution in [3.63, 3.8) is 0 Å². The van der Waals surface area contributed by atoms with Gasteiger partial charge in [-0.2, -0.15) is 5.10 Å². The first kappa shape index (κ1) is 17.2. The van der Waals surface area contributed by atoms with E-state index in [1.807, 2.05) is 24.3 Å². The average Bonchev–Trinajstić information content (AvgIpc) is 3.14. The zero-order chi connectivity index (χ0) is 18.6. The second kappa shape index (κ2) is 6.06. The van der Waals surface area contributed by atoms with E-state index in [-0.39, 0.29) is 22.2 Å². The summed E-state index contributed by atoms with van der Waals surface area (Å²) >= 11 is 6.89. The minimum Gasteiger partial charge on any atom is -0.349 e. The van der Waals surface area contributed by atoms with Crippen molar-refractivity contribution in [2.45, 2.75) is 56.4 Å². The summed E-state index contributed by atoms with van der Waals surface area (Å²) < 4.78 is 1.72. The fourth-order valence-electron chi connectivity index (χ4n) is 6.11. The molecule has 1 aromatic carbocycles. The van der Waals surface area contributed by atoms with Gasteiger partial charge >= 0.3 is 0 Å². The predicted molar refractivity (Wildman–Crippen MR) is 104 cm³/mol. The number of hydrogen-bond acceptors (Lipinski definition) is 3. The van der Waals surface area contributed by atoms with Crippen molar-refractivity contribution in [1.82, 2.24) is 20.1 Å². The van der Waals surface area contributed by atoms with E-state index in [0.29, 0.717) is 11.8 Å². The molecule has 6 heteroatoms. The zero-order valence-corrected chi connectivity index (χ0v) is 16.3. The highest BCUT2D eigenvalue weighted by molar-refractivity contribution is 6.24. The van der Waals surface area contributed by atoms with Gasteiger partial charge in [0.05, 0.1) is 17.1 Å². The number of nitrogens with one attached hydrogen (secondary N) is 1. The Hall–Kier alpha value is -1.88. The van der Waals surface area contributed by atoms with Crippen LogP contribution in [0.2, 0.25) is 0 Å². The third kappa shape index (κ3) is 2.96. The summed E-state index contributed by atoms with van der Waals surface area (Å²) in [6.07, 6.45) is 9.53. The van der Waals surface area contributed by atoms with Crippen molar-refractivity contribution >= 4 is 17.5 Å². The molecule has 4 aliphatic carbocycles. The third-order valence-electron chi connectivity index (χ3n) is 6.90. The lowest BCUT2D eigenvalue weighted by molar-refractivity contribution is -0.145. The molecule has 1 heterocycles. The lowest BCUT2D eigenvalue weighted by atomic mass is 9.49. The van der Waals surface area contributed by atoms with Crippen molar-refractivity contribution in [2.75, 3.05) is 0 Å². The molecule has 1 aromatic heterocycles. The second-order valence-electron chi connectivity index (χ2n) is 9.02. The van der Waals surface area contributed by atoms with Crippen molar-refractivity contribution < 1.29 is 4.79 Å². The van der Waals surface area contributed by atoms with Crippen LogP contribution >= 0.6 is 11.6 Å². The van der Waals surface area contributed by atoms with Crippen molar-refractivity contribution in [3.05, 3.63) is 42.5 Å². The standard InChI is InChI=1S/C21H25ClN4O/c1-14(17-2-4-18(5-3-17)26-13-23-12-24-26)25-19(27)20-7-15-6-16(8-20)10-21(22,9-15)11-20/h2-5,12-16H,6-11H2,1H3,(H,25,27).